The van der Waals surface area contributed by atoms with Crippen LogP contribution in [0.5, 0.6) is 0 Å². The van der Waals surface area contributed by atoms with E-state index in [1.807, 2.05) is 24.4 Å². The molecular weight excluding hydrogens is 334 g/mol. The van der Waals surface area contributed by atoms with E-state index < -0.39 is 10.0 Å². The van der Waals surface area contributed by atoms with Crippen LogP contribution >= 0.6 is 0 Å². The molecule has 2 aromatic rings. The van der Waals surface area contributed by atoms with Gasteiger partial charge in [-0.05, 0) is 41.3 Å². The second-order valence-electron chi connectivity index (χ2n) is 6.41. The van der Waals surface area contributed by atoms with Crippen LogP contribution in [0.4, 0.5) is 0 Å². The largest absolute Gasteiger partial charge is 0.295 e. The van der Waals surface area contributed by atoms with Crippen molar-refractivity contribution in [2.45, 2.75) is 17.9 Å². The Labute approximate surface area is 149 Å². The molecule has 0 radical (unpaired) electrons. The second kappa shape index (κ2) is 7.47. The van der Waals surface area contributed by atoms with E-state index in [0.29, 0.717) is 4.90 Å². The highest BCUT2D eigenvalue weighted by Crippen LogP contribution is 2.22. The Morgan fingerprint density at radius 2 is 2.04 bits per heavy atom. The number of benzene rings is 1. The summed E-state index contributed by atoms with van der Waals surface area (Å²) in [7, 11) is -0.292. The third-order valence-electron chi connectivity index (χ3n) is 4.35. The summed E-state index contributed by atoms with van der Waals surface area (Å²) in [4.78, 5) is 6.87. The van der Waals surface area contributed by atoms with E-state index in [-0.39, 0.29) is 0 Å². The molecule has 0 spiro atoms. The van der Waals surface area contributed by atoms with Crippen molar-refractivity contribution >= 4 is 15.6 Å². The SMILES string of the molecule is CN(C)S(=O)(=O)c1cccc(CN2CCC=C(c3cccnc3)C2)c1. The van der Waals surface area contributed by atoms with Gasteiger partial charge in [0.15, 0.2) is 0 Å². The minimum atomic E-state index is -3.40. The fourth-order valence-electron chi connectivity index (χ4n) is 2.98. The van der Waals surface area contributed by atoms with Gasteiger partial charge in [0.2, 0.25) is 10.0 Å². The van der Waals surface area contributed by atoms with Crippen molar-refractivity contribution < 1.29 is 8.42 Å². The summed E-state index contributed by atoms with van der Waals surface area (Å²) in [5.41, 5.74) is 3.43. The van der Waals surface area contributed by atoms with Crippen molar-refractivity contribution in [1.82, 2.24) is 14.2 Å². The summed E-state index contributed by atoms with van der Waals surface area (Å²) in [5, 5.41) is 0. The monoisotopic (exact) mass is 357 g/mol. The lowest BCUT2D eigenvalue weighted by Gasteiger charge is -2.27. The molecule has 1 aliphatic rings. The Morgan fingerprint density at radius 1 is 1.20 bits per heavy atom. The van der Waals surface area contributed by atoms with Gasteiger partial charge in [0.1, 0.15) is 0 Å². The predicted molar refractivity (Wildman–Crippen MR) is 99.4 cm³/mol. The van der Waals surface area contributed by atoms with Crippen LogP contribution in [0, 0.1) is 0 Å². The maximum absolute atomic E-state index is 12.3. The van der Waals surface area contributed by atoms with Gasteiger partial charge < -0.3 is 0 Å². The smallest absolute Gasteiger partial charge is 0.242 e. The zero-order valence-electron chi connectivity index (χ0n) is 14.6. The average Bonchev–Trinajstić information content (AvgIpc) is 2.63. The predicted octanol–water partition coefficient (Wildman–Crippen LogP) is 2.62. The van der Waals surface area contributed by atoms with Gasteiger partial charge >= 0.3 is 0 Å². The average molecular weight is 357 g/mol. The highest BCUT2D eigenvalue weighted by molar-refractivity contribution is 7.89. The Hall–Kier alpha value is -2.02. The number of pyridine rings is 1. The van der Waals surface area contributed by atoms with E-state index in [0.717, 1.165) is 37.2 Å². The van der Waals surface area contributed by atoms with E-state index in [1.54, 1.807) is 32.4 Å². The lowest BCUT2D eigenvalue weighted by molar-refractivity contribution is 0.296. The van der Waals surface area contributed by atoms with Gasteiger partial charge in [0.05, 0.1) is 4.90 Å². The first-order valence-electron chi connectivity index (χ1n) is 8.30. The number of aromatic nitrogens is 1. The van der Waals surface area contributed by atoms with Crippen LogP contribution in [-0.4, -0.2) is 49.8 Å². The van der Waals surface area contributed by atoms with Crippen molar-refractivity contribution in [3.63, 3.8) is 0 Å². The molecule has 5 nitrogen and oxygen atoms in total. The molecule has 0 bridgehead atoms. The van der Waals surface area contributed by atoms with E-state index in [9.17, 15) is 8.42 Å². The third-order valence-corrected chi connectivity index (χ3v) is 6.16. The Kier molecular flexibility index (Phi) is 5.32. The number of hydrogen-bond donors (Lipinski definition) is 0. The molecule has 1 aromatic carbocycles. The van der Waals surface area contributed by atoms with Gasteiger partial charge in [-0.15, -0.1) is 0 Å². The third kappa shape index (κ3) is 4.15. The minimum absolute atomic E-state index is 0.343. The van der Waals surface area contributed by atoms with Crippen LogP contribution < -0.4 is 0 Å². The number of nitrogens with zero attached hydrogens (tertiary/aromatic N) is 3. The molecule has 0 saturated carbocycles. The molecule has 0 atom stereocenters. The fourth-order valence-corrected chi connectivity index (χ4v) is 3.95. The zero-order chi connectivity index (χ0) is 17.9. The Balaban J connectivity index is 1.74. The normalized spacial score (nSPS) is 16.0. The van der Waals surface area contributed by atoms with Crippen LogP contribution in [-0.2, 0) is 16.6 Å². The van der Waals surface area contributed by atoms with Gasteiger partial charge in [-0.25, -0.2) is 12.7 Å². The molecule has 1 aliphatic heterocycles. The van der Waals surface area contributed by atoms with E-state index in [1.165, 1.54) is 9.88 Å². The molecule has 0 fully saturated rings. The molecule has 2 heterocycles. The van der Waals surface area contributed by atoms with E-state index in [2.05, 4.69) is 22.0 Å². The van der Waals surface area contributed by atoms with Crippen LogP contribution in [0.1, 0.15) is 17.5 Å². The first kappa shape index (κ1) is 17.8. The maximum atomic E-state index is 12.3. The minimum Gasteiger partial charge on any atom is -0.295 e. The summed E-state index contributed by atoms with van der Waals surface area (Å²) in [5.74, 6) is 0. The Bertz CT molecular complexity index is 861. The van der Waals surface area contributed by atoms with Crippen LogP contribution in [0.2, 0.25) is 0 Å². The highest BCUT2D eigenvalue weighted by Gasteiger charge is 2.19. The summed E-state index contributed by atoms with van der Waals surface area (Å²) in [6, 6.07) is 11.2. The summed E-state index contributed by atoms with van der Waals surface area (Å²) < 4.78 is 25.9. The lowest BCUT2D eigenvalue weighted by Crippen LogP contribution is -2.29. The first-order chi connectivity index (χ1) is 12.0. The van der Waals surface area contributed by atoms with Crippen molar-refractivity contribution in [2.75, 3.05) is 27.2 Å². The highest BCUT2D eigenvalue weighted by atomic mass is 32.2. The molecular formula is C19H23N3O2S. The molecule has 0 aliphatic carbocycles. The maximum Gasteiger partial charge on any atom is 0.242 e. The number of rotatable bonds is 5. The molecule has 25 heavy (non-hydrogen) atoms. The fraction of sp³-hybridized carbons (Fsp3) is 0.316. The van der Waals surface area contributed by atoms with Gasteiger partial charge in [-0.2, -0.15) is 0 Å². The molecule has 0 amide bonds. The lowest BCUT2D eigenvalue weighted by atomic mass is 10.0. The molecule has 1 aromatic heterocycles. The first-order valence-corrected chi connectivity index (χ1v) is 9.74. The molecule has 132 valence electrons. The number of hydrogen-bond acceptors (Lipinski definition) is 4. The molecule has 3 rings (SSSR count). The van der Waals surface area contributed by atoms with Gasteiger partial charge in [0.25, 0.3) is 0 Å². The number of sulfonamides is 1. The van der Waals surface area contributed by atoms with Crippen molar-refractivity contribution in [3.8, 4) is 0 Å². The molecule has 0 N–H and O–H groups in total. The topological polar surface area (TPSA) is 53.5 Å². The Morgan fingerprint density at radius 3 is 2.76 bits per heavy atom. The van der Waals surface area contributed by atoms with Gasteiger partial charge in [-0.3, -0.25) is 9.88 Å². The van der Waals surface area contributed by atoms with Gasteiger partial charge in [0, 0.05) is 46.1 Å². The quantitative estimate of drug-likeness (QED) is 0.825. The van der Waals surface area contributed by atoms with Crippen LogP contribution in [0.3, 0.4) is 0 Å². The van der Waals surface area contributed by atoms with E-state index >= 15 is 0 Å². The van der Waals surface area contributed by atoms with Crippen molar-refractivity contribution in [2.24, 2.45) is 0 Å². The van der Waals surface area contributed by atoms with Gasteiger partial charge in [-0.1, -0.05) is 24.3 Å². The van der Waals surface area contributed by atoms with Crippen molar-refractivity contribution in [1.29, 1.82) is 0 Å². The standard InChI is InChI=1S/C19H23N3O2S/c1-21(2)25(23,24)19-9-3-6-16(12-19)14-22-11-5-8-18(15-22)17-7-4-10-20-13-17/h3-4,6-10,12-13H,5,11,14-15H2,1-2H3. The molecule has 0 saturated heterocycles. The molecule has 0 unspecified atom stereocenters. The summed E-state index contributed by atoms with van der Waals surface area (Å²) in [6.45, 7) is 2.54. The summed E-state index contributed by atoms with van der Waals surface area (Å²) >= 11 is 0. The zero-order valence-corrected chi connectivity index (χ0v) is 15.4. The van der Waals surface area contributed by atoms with Crippen LogP contribution in [0.25, 0.3) is 5.57 Å². The van der Waals surface area contributed by atoms with Crippen LogP contribution in [0.15, 0.2) is 59.8 Å². The van der Waals surface area contributed by atoms with Crippen molar-refractivity contribution in [3.05, 3.63) is 66.0 Å². The summed E-state index contributed by atoms with van der Waals surface area (Å²) in [6.07, 6.45) is 6.92. The molecule has 6 heteroatoms. The van der Waals surface area contributed by atoms with E-state index in [4.69, 9.17) is 0 Å². The second-order valence-corrected chi connectivity index (χ2v) is 8.56.